The molecule has 2 rings (SSSR count). The van der Waals surface area contributed by atoms with E-state index in [1.54, 1.807) is 24.0 Å². The molecule has 1 aliphatic rings. The Morgan fingerprint density at radius 3 is 2.41 bits per heavy atom. The summed E-state index contributed by atoms with van der Waals surface area (Å²) < 4.78 is 38.8. The number of benzene rings is 1. The average Bonchev–Trinajstić information content (AvgIpc) is 2.29. The lowest BCUT2D eigenvalue weighted by Crippen LogP contribution is -2.44. The number of halogens is 3. The monoisotopic (exact) mass is 244 g/mol. The van der Waals surface area contributed by atoms with Crippen LogP contribution in [-0.4, -0.2) is 26.2 Å². The molecule has 0 aliphatic carbocycles. The van der Waals surface area contributed by atoms with Gasteiger partial charge in [-0.3, -0.25) is 0 Å². The number of alkyl halides is 3. The van der Waals surface area contributed by atoms with Crippen LogP contribution in [0.5, 0.6) is 0 Å². The van der Waals surface area contributed by atoms with Gasteiger partial charge in [-0.2, -0.15) is 13.2 Å². The summed E-state index contributed by atoms with van der Waals surface area (Å²) in [6, 6.07) is 4.52. The second-order valence-corrected chi connectivity index (χ2v) is 4.26. The molecule has 0 unspecified atom stereocenters. The molecule has 5 heteroatoms. The fourth-order valence-corrected chi connectivity index (χ4v) is 2.06. The number of anilines is 1. The molecule has 1 aromatic carbocycles. The topological polar surface area (TPSA) is 15.3 Å². The lowest BCUT2D eigenvalue weighted by molar-refractivity contribution is -0.137. The minimum atomic E-state index is -4.29. The molecule has 0 aromatic heterocycles. The smallest absolute Gasteiger partial charge is 0.368 e. The standard InChI is InChI=1S/C12H15F3N2/c1-9-2-3-11(10(8-9)12(13,14)15)17-6-4-16-5-7-17/h2-3,8,16H,4-7H2,1H3. The molecule has 1 aliphatic heterocycles. The molecule has 0 bridgehead atoms. The summed E-state index contributed by atoms with van der Waals surface area (Å²) in [4.78, 5) is 1.79. The number of nitrogens with one attached hydrogen (secondary N) is 1. The third-order valence-corrected chi connectivity index (χ3v) is 2.92. The molecular weight excluding hydrogens is 229 g/mol. The van der Waals surface area contributed by atoms with Crippen molar-refractivity contribution < 1.29 is 13.2 Å². The summed E-state index contributed by atoms with van der Waals surface area (Å²) in [5.74, 6) is 0. The van der Waals surface area contributed by atoms with Crippen LogP contribution in [-0.2, 0) is 6.18 Å². The van der Waals surface area contributed by atoms with E-state index in [0.29, 0.717) is 24.3 Å². The van der Waals surface area contributed by atoms with E-state index < -0.39 is 11.7 Å². The van der Waals surface area contributed by atoms with Gasteiger partial charge in [0.1, 0.15) is 0 Å². The van der Waals surface area contributed by atoms with E-state index in [4.69, 9.17) is 0 Å². The molecular formula is C12H15F3N2. The van der Waals surface area contributed by atoms with E-state index in [1.807, 2.05) is 0 Å². The summed E-state index contributed by atoms with van der Waals surface area (Å²) in [7, 11) is 0. The lowest BCUT2D eigenvalue weighted by atomic mass is 10.1. The Labute approximate surface area is 98.4 Å². The van der Waals surface area contributed by atoms with E-state index in [9.17, 15) is 13.2 Å². The van der Waals surface area contributed by atoms with E-state index in [0.717, 1.165) is 13.1 Å². The number of nitrogens with zero attached hydrogens (tertiary/aromatic N) is 1. The van der Waals surface area contributed by atoms with E-state index >= 15 is 0 Å². The van der Waals surface area contributed by atoms with Gasteiger partial charge in [0.05, 0.1) is 5.56 Å². The summed E-state index contributed by atoms with van der Waals surface area (Å²) in [5, 5.41) is 3.13. The predicted octanol–water partition coefficient (Wildman–Crippen LogP) is 2.42. The first-order valence-electron chi connectivity index (χ1n) is 5.62. The van der Waals surface area contributed by atoms with Gasteiger partial charge in [0.15, 0.2) is 0 Å². The van der Waals surface area contributed by atoms with Crippen LogP contribution in [0.4, 0.5) is 18.9 Å². The normalized spacial score (nSPS) is 17.3. The van der Waals surface area contributed by atoms with Crippen molar-refractivity contribution in [3.8, 4) is 0 Å². The minimum Gasteiger partial charge on any atom is -0.368 e. The Bertz CT molecular complexity index is 395. The van der Waals surface area contributed by atoms with Gasteiger partial charge in [-0.15, -0.1) is 0 Å². The van der Waals surface area contributed by atoms with Crippen LogP contribution >= 0.6 is 0 Å². The molecule has 1 fully saturated rings. The molecule has 1 N–H and O–H groups in total. The number of piperazine rings is 1. The first kappa shape index (κ1) is 12.2. The molecule has 1 saturated heterocycles. The molecule has 0 amide bonds. The second-order valence-electron chi connectivity index (χ2n) is 4.26. The van der Waals surface area contributed by atoms with Crippen molar-refractivity contribution >= 4 is 5.69 Å². The highest BCUT2D eigenvalue weighted by Gasteiger charge is 2.35. The molecule has 0 atom stereocenters. The van der Waals surface area contributed by atoms with Crippen molar-refractivity contribution in [3.05, 3.63) is 29.3 Å². The van der Waals surface area contributed by atoms with Gasteiger partial charge >= 0.3 is 6.18 Å². The second kappa shape index (κ2) is 4.56. The van der Waals surface area contributed by atoms with E-state index in [1.165, 1.54) is 6.07 Å². The Kier molecular flexibility index (Phi) is 3.28. The van der Waals surface area contributed by atoms with Gasteiger partial charge < -0.3 is 10.2 Å². The number of rotatable bonds is 1. The molecule has 17 heavy (non-hydrogen) atoms. The maximum absolute atomic E-state index is 12.9. The molecule has 1 heterocycles. The fraction of sp³-hybridized carbons (Fsp3) is 0.500. The first-order valence-corrected chi connectivity index (χ1v) is 5.62. The highest BCUT2D eigenvalue weighted by molar-refractivity contribution is 5.56. The maximum Gasteiger partial charge on any atom is 0.418 e. The van der Waals surface area contributed by atoms with Crippen molar-refractivity contribution in [2.45, 2.75) is 13.1 Å². The van der Waals surface area contributed by atoms with E-state index in [-0.39, 0.29) is 0 Å². The minimum absolute atomic E-state index is 0.296. The lowest BCUT2D eigenvalue weighted by Gasteiger charge is -2.31. The number of hydrogen-bond acceptors (Lipinski definition) is 2. The molecule has 2 nitrogen and oxygen atoms in total. The summed E-state index contributed by atoms with van der Waals surface area (Å²) >= 11 is 0. The van der Waals surface area contributed by atoms with Crippen LogP contribution in [0.25, 0.3) is 0 Å². The largest absolute Gasteiger partial charge is 0.418 e. The van der Waals surface area contributed by atoms with Crippen LogP contribution in [0.2, 0.25) is 0 Å². The van der Waals surface area contributed by atoms with Crippen molar-refractivity contribution in [2.24, 2.45) is 0 Å². The van der Waals surface area contributed by atoms with E-state index in [2.05, 4.69) is 5.32 Å². The summed E-state index contributed by atoms with van der Waals surface area (Å²) in [6.07, 6.45) is -4.29. The molecule has 0 spiro atoms. The van der Waals surface area contributed by atoms with Gasteiger partial charge in [-0.25, -0.2) is 0 Å². The fourth-order valence-electron chi connectivity index (χ4n) is 2.06. The van der Waals surface area contributed by atoms with Gasteiger partial charge in [0.25, 0.3) is 0 Å². The third kappa shape index (κ3) is 2.72. The SMILES string of the molecule is Cc1ccc(N2CCNCC2)c(C(F)(F)F)c1. The Morgan fingerprint density at radius 1 is 1.18 bits per heavy atom. The zero-order valence-electron chi connectivity index (χ0n) is 9.64. The van der Waals surface area contributed by atoms with Crippen LogP contribution in [0.1, 0.15) is 11.1 Å². The highest BCUT2D eigenvalue weighted by atomic mass is 19.4. The Hall–Kier alpha value is -1.23. The van der Waals surface area contributed by atoms with Gasteiger partial charge in [0, 0.05) is 31.9 Å². The summed E-state index contributed by atoms with van der Waals surface area (Å²) in [5.41, 5.74) is 0.403. The molecule has 1 aromatic rings. The van der Waals surface area contributed by atoms with Crippen molar-refractivity contribution in [2.75, 3.05) is 31.1 Å². The first-order chi connectivity index (χ1) is 7.98. The molecule has 0 saturated carbocycles. The zero-order chi connectivity index (χ0) is 12.5. The molecule has 94 valence electrons. The summed E-state index contributed by atoms with van der Waals surface area (Å²) in [6.45, 7) is 4.37. The van der Waals surface area contributed by atoms with Crippen molar-refractivity contribution in [1.82, 2.24) is 5.32 Å². The van der Waals surface area contributed by atoms with Crippen LogP contribution in [0, 0.1) is 6.92 Å². The zero-order valence-corrected chi connectivity index (χ0v) is 9.64. The number of hydrogen-bond donors (Lipinski definition) is 1. The Balaban J connectivity index is 2.38. The Morgan fingerprint density at radius 2 is 1.82 bits per heavy atom. The van der Waals surface area contributed by atoms with Crippen molar-refractivity contribution in [1.29, 1.82) is 0 Å². The third-order valence-electron chi connectivity index (χ3n) is 2.92. The average molecular weight is 244 g/mol. The maximum atomic E-state index is 12.9. The molecule has 0 radical (unpaired) electrons. The van der Waals surface area contributed by atoms with Crippen LogP contribution in [0.15, 0.2) is 18.2 Å². The van der Waals surface area contributed by atoms with Crippen LogP contribution in [0.3, 0.4) is 0 Å². The number of aryl methyl sites for hydroxylation is 1. The highest BCUT2D eigenvalue weighted by Crippen LogP contribution is 2.37. The quantitative estimate of drug-likeness (QED) is 0.816. The van der Waals surface area contributed by atoms with Gasteiger partial charge in [-0.05, 0) is 19.1 Å². The van der Waals surface area contributed by atoms with Crippen molar-refractivity contribution in [3.63, 3.8) is 0 Å². The van der Waals surface area contributed by atoms with Crippen LogP contribution < -0.4 is 10.2 Å². The predicted molar refractivity (Wildman–Crippen MR) is 61.3 cm³/mol. The van der Waals surface area contributed by atoms with Gasteiger partial charge in [0.2, 0.25) is 0 Å². The van der Waals surface area contributed by atoms with Gasteiger partial charge in [-0.1, -0.05) is 11.6 Å².